The number of rotatable bonds is 23. The fourth-order valence-corrected chi connectivity index (χ4v) is 26.5. The van der Waals surface area contributed by atoms with Crippen LogP contribution >= 0.6 is 0 Å². The first kappa shape index (κ1) is 85.1. The van der Waals surface area contributed by atoms with Crippen LogP contribution in [-0.4, -0.2) is 207 Å². The Kier molecular flexibility index (Phi) is 22.8. The van der Waals surface area contributed by atoms with Gasteiger partial charge >= 0.3 is 26.5 Å². The van der Waals surface area contributed by atoms with Crippen LogP contribution in [0.2, 0.25) is 0 Å². The molecule has 9 amide bonds. The summed E-state index contributed by atoms with van der Waals surface area (Å²) < 4.78 is 76.8. The first-order valence-corrected chi connectivity index (χ1v) is 45.5. The first-order chi connectivity index (χ1) is 52.9. The molecular formula is C83H132N12O16S2. The minimum atomic E-state index is -4.13. The lowest BCUT2D eigenvalue weighted by Gasteiger charge is -2.44. The highest BCUT2D eigenvalue weighted by Crippen LogP contribution is 2.89. The van der Waals surface area contributed by atoms with Gasteiger partial charge in [-0.25, -0.2) is 14.2 Å². The predicted molar refractivity (Wildman–Crippen MR) is 423 cm³/mol. The van der Waals surface area contributed by atoms with Crippen LogP contribution in [0.1, 0.15) is 256 Å². The monoisotopic (exact) mass is 1620 g/mol. The average molecular weight is 1620 g/mol. The van der Waals surface area contributed by atoms with E-state index in [2.05, 4.69) is 83.8 Å². The summed E-state index contributed by atoms with van der Waals surface area (Å²) in [7, 11) is -8.21. The van der Waals surface area contributed by atoms with Gasteiger partial charge in [-0.15, -0.1) is 13.2 Å². The van der Waals surface area contributed by atoms with E-state index in [1.54, 1.807) is 42.7 Å². The van der Waals surface area contributed by atoms with Gasteiger partial charge in [0, 0.05) is 99.2 Å². The summed E-state index contributed by atoms with van der Waals surface area (Å²) in [5.41, 5.74) is -0.472. The molecule has 9 N–H and O–H groups in total. The number of fused-ring (bicyclic) bond motifs is 2. The maximum absolute atomic E-state index is 15.6. The molecule has 6 heterocycles. The second kappa shape index (κ2) is 30.2. The quantitative estimate of drug-likeness (QED) is 0.0463. The van der Waals surface area contributed by atoms with Crippen molar-refractivity contribution in [2.75, 3.05) is 65.7 Å². The average Bonchev–Trinajstić information content (AvgIpc) is 1.46. The molecule has 6 saturated heterocycles. The van der Waals surface area contributed by atoms with Crippen molar-refractivity contribution < 1.29 is 74.2 Å². The molecule has 14 fully saturated rings. The molecule has 8 aliphatic carbocycles. The lowest BCUT2D eigenvalue weighted by atomic mass is 9.69. The van der Waals surface area contributed by atoms with E-state index in [-0.39, 0.29) is 62.6 Å². The van der Waals surface area contributed by atoms with E-state index in [4.69, 9.17) is 19.9 Å². The lowest BCUT2D eigenvalue weighted by molar-refractivity contribution is -0.147. The third kappa shape index (κ3) is 14.6. The summed E-state index contributed by atoms with van der Waals surface area (Å²) in [5, 5.41) is 15.2. The normalized spacial score (nSPS) is 33.4. The van der Waals surface area contributed by atoms with Crippen molar-refractivity contribution in [1.82, 2.24) is 54.4 Å². The molecule has 14 rings (SSSR count). The van der Waals surface area contributed by atoms with E-state index < -0.39 is 143 Å². The van der Waals surface area contributed by atoms with Crippen molar-refractivity contribution in [1.29, 1.82) is 0 Å². The van der Waals surface area contributed by atoms with Gasteiger partial charge in [0.25, 0.3) is 11.8 Å². The van der Waals surface area contributed by atoms with Crippen LogP contribution in [0.4, 0.5) is 4.79 Å². The van der Waals surface area contributed by atoms with Crippen LogP contribution in [0.25, 0.3) is 0 Å². The molecule has 12 atom stereocenters. The number of nitrogens with zero attached hydrogens (tertiary/aromatic N) is 4. The number of ether oxygens (including phenoxy) is 3. The number of alkyl carbamates (subject to hydrolysis) is 1. The maximum Gasteiger partial charge on any atom is 0.408 e. The van der Waals surface area contributed by atoms with Crippen LogP contribution in [-0.2, 0) is 73.0 Å². The zero-order valence-electron chi connectivity index (χ0n) is 69.3. The van der Waals surface area contributed by atoms with Crippen LogP contribution < -0.4 is 41.8 Å². The van der Waals surface area contributed by atoms with Gasteiger partial charge in [0.15, 0.2) is 0 Å². The highest BCUT2D eigenvalue weighted by atomic mass is 32.2. The molecule has 6 aliphatic heterocycles. The lowest BCUT2D eigenvalue weighted by Crippen LogP contribution is -2.65. The molecule has 0 aromatic carbocycles. The fraction of sp³-hybridized carbons (Fsp3) is 0.843. The highest BCUT2D eigenvalue weighted by Gasteiger charge is 2.87. The number of nitrogens with one attached hydrogen (secondary N) is 7. The van der Waals surface area contributed by atoms with Crippen molar-refractivity contribution in [3.8, 4) is 0 Å². The molecule has 8 saturated carbocycles. The van der Waals surface area contributed by atoms with Gasteiger partial charge < -0.3 is 56.3 Å². The zero-order chi connectivity index (χ0) is 82.0. The molecule has 4 spiro atoms. The van der Waals surface area contributed by atoms with Crippen molar-refractivity contribution in [3.63, 3.8) is 0 Å². The largest absolute Gasteiger partial charge is 0.444 e. The molecule has 632 valence electrons. The third-order valence-corrected chi connectivity index (χ3v) is 35.5. The topological polar surface area (TPSA) is 373 Å². The summed E-state index contributed by atoms with van der Waals surface area (Å²) in [6.07, 6.45) is 23.8. The Morgan fingerprint density at radius 3 is 1.13 bits per heavy atom. The molecule has 0 aromatic heterocycles. The Labute approximate surface area is 670 Å². The van der Waals surface area contributed by atoms with Gasteiger partial charge in [0.05, 0.1) is 6.04 Å². The number of likely N-dealkylation sites (tertiary alicyclic amines) is 2. The molecule has 113 heavy (non-hydrogen) atoms. The molecule has 14 aliphatic rings. The van der Waals surface area contributed by atoms with Gasteiger partial charge in [0.2, 0.25) is 35.4 Å². The highest BCUT2D eigenvalue weighted by molar-refractivity contribution is 7.88. The number of hydrogen-bond acceptors (Lipinski definition) is 17. The van der Waals surface area contributed by atoms with Crippen molar-refractivity contribution in [2.45, 2.75) is 309 Å². The summed E-state index contributed by atoms with van der Waals surface area (Å²) >= 11 is 0. The minimum Gasteiger partial charge on any atom is -0.444 e. The second-order valence-corrected chi connectivity index (χ2v) is 43.5. The smallest absolute Gasteiger partial charge is 0.408 e. The zero-order valence-corrected chi connectivity index (χ0v) is 70.9. The van der Waals surface area contributed by atoms with Crippen molar-refractivity contribution in [3.05, 3.63) is 25.3 Å². The van der Waals surface area contributed by atoms with E-state index in [0.29, 0.717) is 130 Å². The van der Waals surface area contributed by atoms with Crippen LogP contribution in [0.15, 0.2) is 25.3 Å². The summed E-state index contributed by atoms with van der Waals surface area (Å²) in [6, 6.07) is -5.69. The standard InChI is InChI=1S/C44H70N6O9S.C39H62N6O7S/c1-9-29-26-44(29,36(54)48-60(56,57)49-22-13-14-23-49)47-33(51)30-27-43(39(5,6)42(43)18-15-19-42)28-50(30)35(53)32(41(8)20-24-58-25-21-41)45-34(52)31(40(7)16-11-10-12-17-40)46-37(55)59-38(2,3)4;1-6-26-23-39(26,33(49)43-53(50,51)44-19-10-11-20-44)42-30(46)27-24-38(34(2,3)37(38)15-12-16-37)25-45(27)32(48)29(36(5)17-21-52-22-18-36)41-31(47)28(40)35(4)13-8-7-9-14-35/h9,29-32H,1,10-28H2,2-8H3,(H,45,52)(H,46,55)(H,47,51)(H,48,54);6,26-29H,1,7-25,40H2,2-5H3,(H,41,47)(H,42,46)(H,43,49)/t29-,30+,31-,32-,43-,44-;26-,27+,28-,29-,38-,39-/m11/s1. The van der Waals surface area contributed by atoms with Gasteiger partial charge in [-0.1, -0.05) is 119 Å². The SMILES string of the molecule is C=C[C@@H]1C[C@]1(NC(=O)[C@@H]1C[C@@]2(CN1C(=O)[C@@H](NC(=O)[C@@H](N)C1(C)CCCCC1)C1(C)CCOCC1)C(C)(C)C21CCC1)C(=O)NS(=O)(=O)N1CCCC1.C=C[C@@H]1C[C@]1(NC(=O)[C@@H]1C[C@@]2(CN1C(=O)[C@@H](NC(=O)[C@@H](NC(=O)OC(C)(C)C)C1(C)CCCCC1)C1(C)CCOCC1)C(C)(C)C21CCC1)C(=O)NS(=O)(=O)N1CCCC1. The van der Waals surface area contributed by atoms with Crippen molar-refractivity contribution in [2.24, 2.45) is 71.7 Å². The molecule has 0 bridgehead atoms. The fourth-order valence-electron chi connectivity index (χ4n) is 23.9. The second-order valence-electron chi connectivity index (χ2n) is 40.2. The Bertz CT molecular complexity index is 3990. The molecule has 30 heteroatoms. The van der Waals surface area contributed by atoms with E-state index in [1.807, 2.05) is 20.8 Å². The van der Waals surface area contributed by atoms with Gasteiger partial charge in [0.1, 0.15) is 46.9 Å². The molecule has 0 unspecified atom stereocenters. The van der Waals surface area contributed by atoms with Crippen LogP contribution in [0, 0.1) is 66.0 Å². The Morgan fingerprint density at radius 1 is 0.451 bits per heavy atom. The van der Waals surface area contributed by atoms with E-state index in [9.17, 15) is 50.4 Å². The van der Waals surface area contributed by atoms with Gasteiger partial charge in [-0.2, -0.15) is 25.4 Å². The summed E-state index contributed by atoms with van der Waals surface area (Å²) in [6.45, 7) is 33.6. The Hall–Kier alpha value is -5.79. The number of hydrogen-bond donors (Lipinski definition) is 8. The molecule has 0 aromatic rings. The third-order valence-electron chi connectivity index (χ3n) is 32.5. The number of carbonyl (C=O) groups excluding carboxylic acids is 9. The van der Waals surface area contributed by atoms with Gasteiger partial charge in [-0.05, 0) is 182 Å². The van der Waals surface area contributed by atoms with Gasteiger partial charge in [-0.3, -0.25) is 38.4 Å². The maximum atomic E-state index is 15.6. The molecule has 28 nitrogen and oxygen atoms in total. The minimum absolute atomic E-state index is 0.00884. The van der Waals surface area contributed by atoms with E-state index in [0.717, 1.165) is 103 Å². The number of nitrogens with two attached hydrogens (primary N) is 1. The number of carbonyl (C=O) groups is 9. The Morgan fingerprint density at radius 2 is 0.805 bits per heavy atom. The van der Waals surface area contributed by atoms with Crippen molar-refractivity contribution >= 4 is 73.8 Å². The summed E-state index contributed by atoms with van der Waals surface area (Å²) in [5.74, 6) is -5.13. The first-order valence-electron chi connectivity index (χ1n) is 42.6. The van der Waals surface area contributed by atoms with Crippen LogP contribution in [0.5, 0.6) is 0 Å². The summed E-state index contributed by atoms with van der Waals surface area (Å²) in [4.78, 5) is 134. The number of amides is 9. The predicted octanol–water partition coefficient (Wildman–Crippen LogP) is 7.37. The Balaban J connectivity index is 0.000000199. The van der Waals surface area contributed by atoms with E-state index in [1.165, 1.54) is 8.61 Å². The molecular weight excluding hydrogens is 1490 g/mol. The van der Waals surface area contributed by atoms with Crippen LogP contribution in [0.3, 0.4) is 0 Å². The molecule has 0 radical (unpaired) electrons. The van der Waals surface area contributed by atoms with E-state index >= 15 is 9.59 Å².